The third-order valence-corrected chi connectivity index (χ3v) is 7.82. The van der Waals surface area contributed by atoms with Crippen molar-refractivity contribution in [3.05, 3.63) is 24.3 Å². The van der Waals surface area contributed by atoms with E-state index < -0.39 is 9.84 Å². The number of benzene rings is 1. The molecule has 1 unspecified atom stereocenters. The summed E-state index contributed by atoms with van der Waals surface area (Å²) in [6.07, 6.45) is 2.60. The average Bonchev–Trinajstić information content (AvgIpc) is 3.46. The lowest BCUT2D eigenvalue weighted by molar-refractivity contribution is -0.135. The van der Waals surface area contributed by atoms with Crippen LogP contribution in [0, 0.1) is 0 Å². The van der Waals surface area contributed by atoms with Crippen LogP contribution in [0.5, 0.6) is 5.75 Å². The molecule has 29 heavy (non-hydrogen) atoms. The van der Waals surface area contributed by atoms with Crippen LogP contribution in [0.25, 0.3) is 0 Å². The average molecular weight is 422 g/mol. The summed E-state index contributed by atoms with van der Waals surface area (Å²) in [7, 11) is -2.99. The fourth-order valence-corrected chi connectivity index (χ4v) is 6.18. The quantitative estimate of drug-likeness (QED) is 0.663. The smallest absolute Gasteiger partial charge is 0.237 e. The van der Waals surface area contributed by atoms with Gasteiger partial charge in [-0.1, -0.05) is 12.1 Å². The first-order chi connectivity index (χ1) is 14.0. The number of rotatable bonds is 7. The molecule has 1 saturated carbocycles. The molecule has 1 aliphatic carbocycles. The highest BCUT2D eigenvalue weighted by molar-refractivity contribution is 7.91. The first-order valence-corrected chi connectivity index (χ1v) is 12.5. The number of para-hydroxylation sites is 2. The number of carbonyl (C=O) groups is 1. The highest BCUT2D eigenvalue weighted by Gasteiger charge is 2.42. The molecule has 2 saturated heterocycles. The summed E-state index contributed by atoms with van der Waals surface area (Å²) in [4.78, 5) is 19.5. The molecule has 3 aliphatic rings. The van der Waals surface area contributed by atoms with E-state index in [2.05, 4.69) is 15.9 Å². The number of anilines is 1. The van der Waals surface area contributed by atoms with Crippen LogP contribution in [-0.4, -0.2) is 87.0 Å². The molecule has 1 atom stereocenters. The van der Waals surface area contributed by atoms with Crippen molar-refractivity contribution in [2.45, 2.75) is 38.3 Å². The van der Waals surface area contributed by atoms with E-state index in [-0.39, 0.29) is 29.5 Å². The van der Waals surface area contributed by atoms with E-state index in [1.807, 2.05) is 30.0 Å². The van der Waals surface area contributed by atoms with E-state index in [4.69, 9.17) is 4.74 Å². The van der Waals surface area contributed by atoms with Crippen molar-refractivity contribution < 1.29 is 17.9 Å². The Morgan fingerprint density at radius 1 is 1.10 bits per heavy atom. The van der Waals surface area contributed by atoms with Crippen LogP contribution in [-0.2, 0) is 14.6 Å². The van der Waals surface area contributed by atoms with Crippen LogP contribution < -0.4 is 9.64 Å². The summed E-state index contributed by atoms with van der Waals surface area (Å²) in [5.41, 5.74) is 1.11. The maximum atomic E-state index is 13.0. The number of ether oxygens (including phenoxy) is 1. The molecule has 0 aromatic heterocycles. The number of hydrogen-bond acceptors (Lipinski definition) is 6. The Balaban J connectivity index is 1.34. The van der Waals surface area contributed by atoms with Crippen molar-refractivity contribution >= 4 is 21.4 Å². The van der Waals surface area contributed by atoms with Gasteiger partial charge < -0.3 is 14.5 Å². The summed E-state index contributed by atoms with van der Waals surface area (Å²) in [6.45, 7) is 6.33. The molecular weight excluding hydrogens is 390 g/mol. The van der Waals surface area contributed by atoms with Crippen molar-refractivity contribution in [3.8, 4) is 5.75 Å². The zero-order valence-electron chi connectivity index (χ0n) is 17.1. The number of hydrogen-bond donors (Lipinski definition) is 0. The number of amides is 1. The van der Waals surface area contributed by atoms with Gasteiger partial charge in [-0.2, -0.15) is 0 Å². The summed E-state index contributed by atoms with van der Waals surface area (Å²) in [5.74, 6) is 1.35. The maximum absolute atomic E-state index is 13.0. The lowest BCUT2D eigenvalue weighted by atomic mass is 10.2. The van der Waals surface area contributed by atoms with Gasteiger partial charge in [0.15, 0.2) is 9.84 Å². The van der Waals surface area contributed by atoms with Gasteiger partial charge in [-0.15, -0.1) is 0 Å². The monoisotopic (exact) mass is 421 g/mol. The van der Waals surface area contributed by atoms with Gasteiger partial charge in [0.05, 0.1) is 30.3 Å². The van der Waals surface area contributed by atoms with Crippen LogP contribution >= 0.6 is 0 Å². The molecular formula is C21H31N3O4S. The molecule has 0 spiro atoms. The second-order valence-electron chi connectivity index (χ2n) is 8.25. The molecule has 4 rings (SSSR count). The molecule has 2 aliphatic heterocycles. The Kier molecular flexibility index (Phi) is 6.01. The maximum Gasteiger partial charge on any atom is 0.237 e. The van der Waals surface area contributed by atoms with Crippen LogP contribution in [0.2, 0.25) is 0 Å². The van der Waals surface area contributed by atoms with Gasteiger partial charge in [0.2, 0.25) is 5.91 Å². The third-order valence-electron chi connectivity index (χ3n) is 6.07. The molecule has 1 aromatic rings. The Hall–Kier alpha value is -1.80. The largest absolute Gasteiger partial charge is 0.492 e. The van der Waals surface area contributed by atoms with Gasteiger partial charge in [-0.25, -0.2) is 8.42 Å². The molecule has 0 bridgehead atoms. The molecule has 7 nitrogen and oxygen atoms in total. The Morgan fingerprint density at radius 2 is 1.83 bits per heavy atom. The van der Waals surface area contributed by atoms with Crippen molar-refractivity contribution in [3.63, 3.8) is 0 Å². The fourth-order valence-electron chi connectivity index (χ4n) is 4.47. The summed E-state index contributed by atoms with van der Waals surface area (Å²) >= 11 is 0. The van der Waals surface area contributed by atoms with Crippen molar-refractivity contribution in [2.24, 2.45) is 0 Å². The molecule has 8 heteroatoms. The topological polar surface area (TPSA) is 70.2 Å². The second-order valence-corrected chi connectivity index (χ2v) is 10.5. The SMILES string of the molecule is CCOc1ccccc1N1CCN(CC(=O)N(C2CC2)C2CCS(=O)(=O)C2)CC1. The molecule has 0 N–H and O–H groups in total. The molecule has 0 radical (unpaired) electrons. The standard InChI is InChI=1S/C21H31N3O4S/c1-2-28-20-6-4-3-5-19(20)23-12-10-22(11-13-23)15-21(25)24(17-7-8-17)18-9-14-29(26,27)16-18/h3-6,17-18H,2,7-16H2,1H3. The molecule has 1 amide bonds. The Morgan fingerprint density at radius 3 is 2.45 bits per heavy atom. The van der Waals surface area contributed by atoms with Crippen molar-refractivity contribution in [1.29, 1.82) is 0 Å². The van der Waals surface area contributed by atoms with E-state index in [9.17, 15) is 13.2 Å². The van der Waals surface area contributed by atoms with E-state index in [1.165, 1.54) is 0 Å². The van der Waals surface area contributed by atoms with Crippen LogP contribution in [0.3, 0.4) is 0 Å². The normalized spacial score (nSPS) is 24.4. The zero-order valence-corrected chi connectivity index (χ0v) is 17.9. The second kappa shape index (κ2) is 8.52. The minimum Gasteiger partial charge on any atom is -0.492 e. The third kappa shape index (κ3) is 4.86. The van der Waals surface area contributed by atoms with E-state index in [0.29, 0.717) is 19.6 Å². The Labute approximate surface area is 173 Å². The number of piperazine rings is 1. The van der Waals surface area contributed by atoms with Gasteiger partial charge in [-0.05, 0) is 38.3 Å². The number of carbonyl (C=O) groups excluding carboxylic acids is 1. The van der Waals surface area contributed by atoms with Gasteiger partial charge in [0.25, 0.3) is 0 Å². The highest BCUT2D eigenvalue weighted by Crippen LogP contribution is 2.33. The van der Waals surface area contributed by atoms with E-state index in [1.54, 1.807) is 0 Å². The predicted molar refractivity (Wildman–Crippen MR) is 113 cm³/mol. The summed E-state index contributed by atoms with van der Waals surface area (Å²) in [5, 5.41) is 0. The molecule has 3 fully saturated rings. The number of sulfone groups is 1. The lowest BCUT2D eigenvalue weighted by Crippen LogP contribution is -2.52. The summed E-state index contributed by atoms with van der Waals surface area (Å²) < 4.78 is 29.5. The van der Waals surface area contributed by atoms with Crippen molar-refractivity contribution in [2.75, 3.05) is 55.7 Å². The van der Waals surface area contributed by atoms with Gasteiger partial charge in [0.1, 0.15) is 5.75 Å². The Bertz CT molecular complexity index is 832. The zero-order chi connectivity index (χ0) is 20.4. The van der Waals surface area contributed by atoms with Crippen molar-refractivity contribution in [1.82, 2.24) is 9.80 Å². The molecule has 160 valence electrons. The number of nitrogens with zero attached hydrogens (tertiary/aromatic N) is 3. The van der Waals surface area contributed by atoms with E-state index >= 15 is 0 Å². The van der Waals surface area contributed by atoms with Crippen LogP contribution in [0.15, 0.2) is 24.3 Å². The lowest BCUT2D eigenvalue weighted by Gasteiger charge is -2.38. The molecule has 1 aromatic carbocycles. The minimum atomic E-state index is -2.99. The van der Waals surface area contributed by atoms with Gasteiger partial charge in [-0.3, -0.25) is 9.69 Å². The fraction of sp³-hybridized carbons (Fsp3) is 0.667. The van der Waals surface area contributed by atoms with Gasteiger partial charge in [0, 0.05) is 38.3 Å². The van der Waals surface area contributed by atoms with Crippen LogP contribution in [0.4, 0.5) is 5.69 Å². The first-order valence-electron chi connectivity index (χ1n) is 10.7. The highest BCUT2D eigenvalue weighted by atomic mass is 32.2. The van der Waals surface area contributed by atoms with Crippen LogP contribution in [0.1, 0.15) is 26.2 Å². The minimum absolute atomic E-state index is 0.0952. The van der Waals surface area contributed by atoms with Gasteiger partial charge >= 0.3 is 0 Å². The van der Waals surface area contributed by atoms with E-state index in [0.717, 1.165) is 50.5 Å². The summed E-state index contributed by atoms with van der Waals surface area (Å²) in [6, 6.07) is 8.22. The predicted octanol–water partition coefficient (Wildman–Crippen LogP) is 1.39. The first kappa shape index (κ1) is 20.5. The molecule has 2 heterocycles.